The molecule has 0 saturated heterocycles. The number of rotatable bonds is 8. The van der Waals surface area contributed by atoms with Gasteiger partial charge in [0.2, 0.25) is 0 Å². The van der Waals surface area contributed by atoms with E-state index in [1.165, 1.54) is 31.2 Å². The van der Waals surface area contributed by atoms with Crippen LogP contribution in [0.5, 0.6) is 0 Å². The smallest absolute Gasteiger partial charge is 0.429 e. The van der Waals surface area contributed by atoms with Gasteiger partial charge in [0.1, 0.15) is 17.2 Å². The van der Waals surface area contributed by atoms with E-state index < -0.39 is 52.9 Å². The zero-order valence-corrected chi connectivity index (χ0v) is 23.1. The molecule has 7 nitrogen and oxygen atoms in total. The SMILES string of the molecule is Cc1c(C(=O)N[C@H](c2cccc(F)c2)C2CCC2)c2cccc(F)c2c(=O)n1N(CCCF)C(=O)OC(C)(C)C. The summed E-state index contributed by atoms with van der Waals surface area (Å²) in [4.78, 5) is 40.8. The summed E-state index contributed by atoms with van der Waals surface area (Å²) in [7, 11) is 0. The number of hydrogen-bond acceptors (Lipinski definition) is 4. The number of nitrogens with one attached hydrogen (secondary N) is 1. The van der Waals surface area contributed by atoms with Gasteiger partial charge < -0.3 is 10.1 Å². The molecule has 1 saturated carbocycles. The highest BCUT2D eigenvalue weighted by Gasteiger charge is 2.33. The van der Waals surface area contributed by atoms with E-state index in [9.17, 15) is 23.2 Å². The Morgan fingerprint density at radius 1 is 1.15 bits per heavy atom. The van der Waals surface area contributed by atoms with E-state index in [0.717, 1.165) is 35.0 Å². The van der Waals surface area contributed by atoms with Crippen LogP contribution in [0.1, 0.15) is 74.1 Å². The van der Waals surface area contributed by atoms with Crippen LogP contribution in [0.15, 0.2) is 47.3 Å². The summed E-state index contributed by atoms with van der Waals surface area (Å²) in [6, 6.07) is 9.43. The molecule has 0 aliphatic heterocycles. The highest BCUT2D eigenvalue weighted by atomic mass is 19.1. The number of aromatic nitrogens is 1. The lowest BCUT2D eigenvalue weighted by Gasteiger charge is -2.35. The molecule has 0 bridgehead atoms. The number of carbonyl (C=O) groups is 2. The molecule has 0 radical (unpaired) electrons. The van der Waals surface area contributed by atoms with Crippen molar-refractivity contribution in [3.63, 3.8) is 0 Å². The molecule has 1 heterocycles. The van der Waals surface area contributed by atoms with Crippen LogP contribution in [-0.2, 0) is 4.74 Å². The highest BCUT2D eigenvalue weighted by molar-refractivity contribution is 6.08. The fourth-order valence-electron chi connectivity index (χ4n) is 5.04. The van der Waals surface area contributed by atoms with Gasteiger partial charge in [-0.25, -0.2) is 23.3 Å². The minimum absolute atomic E-state index is 0.0244. The third kappa shape index (κ3) is 6.00. The molecule has 3 aromatic rings. The summed E-state index contributed by atoms with van der Waals surface area (Å²) in [6.45, 7) is 5.35. The van der Waals surface area contributed by atoms with Crippen molar-refractivity contribution in [1.82, 2.24) is 9.99 Å². The van der Waals surface area contributed by atoms with Crippen molar-refractivity contribution in [2.24, 2.45) is 5.92 Å². The first-order valence-corrected chi connectivity index (χ1v) is 13.4. The molecule has 10 heteroatoms. The summed E-state index contributed by atoms with van der Waals surface area (Å²) < 4.78 is 48.9. The van der Waals surface area contributed by atoms with Crippen LogP contribution in [0, 0.1) is 24.5 Å². The van der Waals surface area contributed by atoms with Crippen molar-refractivity contribution in [2.45, 2.75) is 65.0 Å². The molecular weight excluding hydrogens is 523 g/mol. The van der Waals surface area contributed by atoms with Crippen molar-refractivity contribution in [2.75, 3.05) is 18.2 Å². The van der Waals surface area contributed by atoms with E-state index in [2.05, 4.69) is 5.32 Å². The Kier molecular flexibility index (Phi) is 8.56. The quantitative estimate of drug-likeness (QED) is 0.363. The Balaban J connectivity index is 1.88. The van der Waals surface area contributed by atoms with Crippen LogP contribution in [-0.4, -0.2) is 35.5 Å². The number of benzene rings is 2. The van der Waals surface area contributed by atoms with Crippen LogP contribution >= 0.6 is 0 Å². The van der Waals surface area contributed by atoms with Crippen LogP contribution in [0.2, 0.25) is 0 Å². The zero-order chi connectivity index (χ0) is 29.2. The lowest BCUT2D eigenvalue weighted by Crippen LogP contribution is -2.51. The van der Waals surface area contributed by atoms with Crippen LogP contribution < -0.4 is 15.9 Å². The first kappa shape index (κ1) is 29.2. The fraction of sp³-hybridized carbons (Fsp3) is 0.433. The number of ether oxygens (including phenoxy) is 1. The third-order valence-corrected chi connectivity index (χ3v) is 7.06. The second-order valence-corrected chi connectivity index (χ2v) is 11.1. The molecule has 2 aromatic carbocycles. The molecule has 1 fully saturated rings. The molecule has 0 unspecified atom stereocenters. The normalized spacial score (nSPS) is 14.5. The summed E-state index contributed by atoms with van der Waals surface area (Å²) >= 11 is 0. The van der Waals surface area contributed by atoms with Crippen LogP contribution in [0.4, 0.5) is 18.0 Å². The average molecular weight is 558 g/mol. The minimum atomic E-state index is -0.944. The number of pyridine rings is 1. The number of halogens is 3. The summed E-state index contributed by atoms with van der Waals surface area (Å²) in [5.41, 5.74) is -1.20. The number of hydrogen-bond donors (Lipinski definition) is 1. The maximum atomic E-state index is 15.2. The van der Waals surface area contributed by atoms with E-state index in [1.54, 1.807) is 32.9 Å². The monoisotopic (exact) mass is 557 g/mol. The van der Waals surface area contributed by atoms with E-state index in [-0.39, 0.29) is 35.5 Å². The molecule has 1 aliphatic carbocycles. The largest absolute Gasteiger partial charge is 0.442 e. The first-order valence-electron chi connectivity index (χ1n) is 13.4. The van der Waals surface area contributed by atoms with Gasteiger partial charge in [0, 0.05) is 11.9 Å². The number of carbonyl (C=O) groups excluding carboxylic acids is 2. The summed E-state index contributed by atoms with van der Waals surface area (Å²) in [6.07, 6.45) is 1.59. The van der Waals surface area contributed by atoms with E-state index in [1.807, 2.05) is 0 Å². The van der Waals surface area contributed by atoms with E-state index in [0.29, 0.717) is 5.56 Å². The fourth-order valence-corrected chi connectivity index (χ4v) is 5.04. The second-order valence-electron chi connectivity index (χ2n) is 11.1. The Morgan fingerprint density at radius 2 is 1.85 bits per heavy atom. The van der Waals surface area contributed by atoms with Gasteiger partial charge in [-0.1, -0.05) is 30.7 Å². The Labute approximate surface area is 230 Å². The number of fused-ring (bicyclic) bond motifs is 1. The molecule has 214 valence electrons. The minimum Gasteiger partial charge on any atom is -0.442 e. The predicted octanol–water partition coefficient (Wildman–Crippen LogP) is 6.09. The van der Waals surface area contributed by atoms with Gasteiger partial charge >= 0.3 is 6.09 Å². The molecule has 1 aromatic heterocycles. The zero-order valence-electron chi connectivity index (χ0n) is 23.1. The van der Waals surface area contributed by atoms with Crippen LogP contribution in [0.25, 0.3) is 10.8 Å². The van der Waals surface area contributed by atoms with Gasteiger partial charge in [-0.15, -0.1) is 0 Å². The molecule has 1 N–H and O–H groups in total. The second kappa shape index (κ2) is 11.7. The predicted molar refractivity (Wildman–Crippen MR) is 147 cm³/mol. The van der Waals surface area contributed by atoms with E-state index in [4.69, 9.17) is 4.74 Å². The Morgan fingerprint density at radius 3 is 2.45 bits per heavy atom. The average Bonchev–Trinajstić information content (AvgIpc) is 2.83. The summed E-state index contributed by atoms with van der Waals surface area (Å²) in [5.74, 6) is -1.85. The third-order valence-electron chi connectivity index (χ3n) is 7.06. The standard InChI is InChI=1S/C30H34F3N3O4/c1-18-24(27(37)34-26(19-9-5-10-19)20-11-6-12-21(32)17-20)22-13-7-14-23(33)25(22)28(38)36(18)35(16-8-15-31)29(39)40-30(2,3)4/h6-7,11-14,17,19,26H,5,8-10,15-16H2,1-4H3,(H,34,37)/t26-/m0/s1. The molecule has 40 heavy (non-hydrogen) atoms. The molecule has 0 spiro atoms. The molecular formula is C30H34F3N3O4. The maximum absolute atomic E-state index is 15.2. The van der Waals surface area contributed by atoms with Gasteiger partial charge in [-0.05, 0) is 76.6 Å². The van der Waals surface area contributed by atoms with Crippen molar-refractivity contribution in [1.29, 1.82) is 0 Å². The number of amides is 2. The van der Waals surface area contributed by atoms with Gasteiger partial charge in [0.15, 0.2) is 0 Å². The van der Waals surface area contributed by atoms with E-state index >= 15 is 4.39 Å². The van der Waals surface area contributed by atoms with Crippen molar-refractivity contribution in [3.05, 3.63) is 81.3 Å². The Hall–Kier alpha value is -3.82. The van der Waals surface area contributed by atoms with Gasteiger partial charge in [0.25, 0.3) is 11.5 Å². The van der Waals surface area contributed by atoms with Crippen molar-refractivity contribution < 1.29 is 27.5 Å². The topological polar surface area (TPSA) is 80.6 Å². The Bertz CT molecular complexity index is 1480. The lowest BCUT2D eigenvalue weighted by atomic mass is 9.77. The maximum Gasteiger partial charge on any atom is 0.429 e. The number of nitrogens with zero attached hydrogens (tertiary/aromatic N) is 2. The lowest BCUT2D eigenvalue weighted by molar-refractivity contribution is 0.0532. The van der Waals surface area contributed by atoms with Crippen LogP contribution in [0.3, 0.4) is 0 Å². The number of alkyl halides is 1. The van der Waals surface area contributed by atoms with Gasteiger partial charge in [0.05, 0.1) is 29.4 Å². The van der Waals surface area contributed by atoms with Crippen molar-refractivity contribution >= 4 is 22.8 Å². The highest BCUT2D eigenvalue weighted by Crippen LogP contribution is 2.38. The molecule has 2 amide bonds. The molecule has 4 rings (SSSR count). The van der Waals surface area contributed by atoms with Gasteiger partial charge in [-0.3, -0.25) is 14.0 Å². The molecule has 1 aliphatic rings. The molecule has 1 atom stereocenters. The summed E-state index contributed by atoms with van der Waals surface area (Å²) in [5, 5.41) is 3.57. The van der Waals surface area contributed by atoms with Crippen molar-refractivity contribution in [3.8, 4) is 0 Å². The first-order chi connectivity index (χ1) is 18.9. The van der Waals surface area contributed by atoms with Gasteiger partial charge in [-0.2, -0.15) is 0 Å².